The van der Waals surface area contributed by atoms with Crippen LogP contribution in [0, 0.1) is 0 Å². The Morgan fingerprint density at radius 1 is 1.30 bits per heavy atom. The van der Waals surface area contributed by atoms with Crippen LogP contribution in [-0.4, -0.2) is 17.3 Å². The molecule has 0 spiro atoms. The summed E-state index contributed by atoms with van der Waals surface area (Å²) in [5.41, 5.74) is 0.699. The Labute approximate surface area is 143 Å². The lowest BCUT2D eigenvalue weighted by Crippen LogP contribution is -2.27. The highest BCUT2D eigenvalue weighted by Gasteiger charge is 2.33. The Morgan fingerprint density at radius 2 is 2.17 bits per heavy atom. The average molecular weight is 343 g/mol. The van der Waals surface area contributed by atoms with E-state index in [1.807, 2.05) is 30.3 Å². The van der Waals surface area contributed by atoms with Gasteiger partial charge in [0.15, 0.2) is 4.32 Å². The molecule has 0 unspecified atom stereocenters. The third-order valence-electron chi connectivity index (χ3n) is 3.16. The zero-order valence-corrected chi connectivity index (χ0v) is 13.9. The SMILES string of the molecule is COc1cccc(N2C(=O)/C(=C\C=C\c3ccco3)SC2=S)c1. The van der Waals surface area contributed by atoms with Gasteiger partial charge >= 0.3 is 0 Å². The Hall–Kier alpha value is -2.31. The molecule has 2 aromatic rings. The summed E-state index contributed by atoms with van der Waals surface area (Å²) >= 11 is 6.60. The second kappa shape index (κ2) is 6.85. The summed E-state index contributed by atoms with van der Waals surface area (Å²) in [5.74, 6) is 1.26. The van der Waals surface area contributed by atoms with Crippen LogP contribution >= 0.6 is 24.0 Å². The summed E-state index contributed by atoms with van der Waals surface area (Å²) in [6, 6.07) is 10.9. The molecular formula is C17H13NO3S2. The highest BCUT2D eigenvalue weighted by atomic mass is 32.2. The molecule has 1 aromatic carbocycles. The molecule has 6 heteroatoms. The van der Waals surface area contributed by atoms with E-state index in [0.717, 1.165) is 5.76 Å². The maximum absolute atomic E-state index is 12.6. The van der Waals surface area contributed by atoms with Gasteiger partial charge in [-0.15, -0.1) is 0 Å². The van der Waals surface area contributed by atoms with Gasteiger partial charge in [-0.1, -0.05) is 36.1 Å². The predicted octanol–water partition coefficient (Wildman–Crippen LogP) is 4.25. The fourth-order valence-corrected chi connectivity index (χ4v) is 3.32. The third kappa shape index (κ3) is 3.38. The number of thioether (sulfide) groups is 1. The minimum atomic E-state index is -0.141. The normalized spacial score (nSPS) is 16.7. The standard InChI is InChI=1S/C17H13NO3S2/c1-20-14-7-2-5-12(11-14)18-16(19)15(23-17(18)22)9-3-6-13-8-4-10-21-13/h2-11H,1H3/b6-3+,15-9+. The number of ether oxygens (including phenoxy) is 1. The van der Waals surface area contributed by atoms with Gasteiger partial charge < -0.3 is 9.15 Å². The lowest BCUT2D eigenvalue weighted by molar-refractivity contribution is -0.113. The van der Waals surface area contributed by atoms with Gasteiger partial charge in [-0.2, -0.15) is 0 Å². The first-order valence-electron chi connectivity index (χ1n) is 6.81. The van der Waals surface area contributed by atoms with Crippen molar-refractivity contribution >= 4 is 46.0 Å². The monoisotopic (exact) mass is 343 g/mol. The van der Waals surface area contributed by atoms with Crippen LogP contribution in [0.25, 0.3) is 6.08 Å². The van der Waals surface area contributed by atoms with Crippen LogP contribution in [0.5, 0.6) is 5.75 Å². The fourth-order valence-electron chi connectivity index (χ4n) is 2.07. The van der Waals surface area contributed by atoms with Crippen molar-refractivity contribution in [3.05, 3.63) is 65.5 Å². The number of amides is 1. The predicted molar refractivity (Wildman–Crippen MR) is 96.5 cm³/mol. The Morgan fingerprint density at radius 3 is 2.91 bits per heavy atom. The van der Waals surface area contributed by atoms with E-state index in [1.165, 1.54) is 16.7 Å². The lowest BCUT2D eigenvalue weighted by atomic mass is 10.2. The van der Waals surface area contributed by atoms with Crippen LogP contribution in [0.2, 0.25) is 0 Å². The summed E-state index contributed by atoms with van der Waals surface area (Å²) < 4.78 is 10.9. The number of carbonyl (C=O) groups excluding carboxylic acids is 1. The molecule has 0 atom stereocenters. The number of carbonyl (C=O) groups is 1. The van der Waals surface area contributed by atoms with Crippen LogP contribution in [0.1, 0.15) is 5.76 Å². The highest BCUT2D eigenvalue weighted by Crippen LogP contribution is 2.35. The van der Waals surface area contributed by atoms with E-state index in [0.29, 0.717) is 20.7 Å². The number of nitrogens with zero attached hydrogens (tertiary/aromatic N) is 1. The minimum Gasteiger partial charge on any atom is -0.497 e. The van der Waals surface area contributed by atoms with Gasteiger partial charge in [0.2, 0.25) is 0 Å². The van der Waals surface area contributed by atoms with E-state index in [4.69, 9.17) is 21.4 Å². The summed E-state index contributed by atoms with van der Waals surface area (Å²) in [5, 5.41) is 0. The van der Waals surface area contributed by atoms with Crippen molar-refractivity contribution < 1.29 is 13.9 Å². The van der Waals surface area contributed by atoms with Gasteiger partial charge in [0.1, 0.15) is 11.5 Å². The minimum absolute atomic E-state index is 0.141. The van der Waals surface area contributed by atoms with Gasteiger partial charge in [0.05, 0.1) is 24.0 Å². The Bertz CT molecular complexity index is 794. The molecule has 0 saturated carbocycles. The van der Waals surface area contributed by atoms with E-state index >= 15 is 0 Å². The number of rotatable bonds is 4. The van der Waals surface area contributed by atoms with Crippen LogP contribution in [0.3, 0.4) is 0 Å². The van der Waals surface area contributed by atoms with Gasteiger partial charge in [0.25, 0.3) is 5.91 Å². The Kier molecular flexibility index (Phi) is 4.64. The number of methoxy groups -OCH3 is 1. The van der Waals surface area contributed by atoms with Crippen LogP contribution in [0.4, 0.5) is 5.69 Å². The number of thiocarbonyl (C=S) groups is 1. The molecule has 1 fully saturated rings. The van der Waals surface area contributed by atoms with E-state index in [2.05, 4.69) is 0 Å². The maximum Gasteiger partial charge on any atom is 0.270 e. The number of furan rings is 1. The summed E-state index contributed by atoms with van der Waals surface area (Å²) in [7, 11) is 1.59. The molecule has 0 bridgehead atoms. The van der Waals surface area contributed by atoms with Crippen molar-refractivity contribution in [2.45, 2.75) is 0 Å². The molecule has 1 aliphatic heterocycles. The van der Waals surface area contributed by atoms with Crippen LogP contribution in [-0.2, 0) is 4.79 Å². The van der Waals surface area contributed by atoms with Crippen molar-refractivity contribution in [2.75, 3.05) is 12.0 Å². The van der Waals surface area contributed by atoms with Crippen molar-refractivity contribution in [2.24, 2.45) is 0 Å². The first kappa shape index (κ1) is 15.6. The maximum atomic E-state index is 12.6. The molecule has 1 aliphatic rings. The fraction of sp³-hybridized carbons (Fsp3) is 0.0588. The van der Waals surface area contributed by atoms with Crippen molar-refractivity contribution in [3.63, 3.8) is 0 Å². The number of hydrogen-bond donors (Lipinski definition) is 0. The number of benzene rings is 1. The van der Waals surface area contributed by atoms with Gasteiger partial charge in [-0.3, -0.25) is 9.69 Å². The largest absolute Gasteiger partial charge is 0.497 e. The Balaban J connectivity index is 1.82. The van der Waals surface area contributed by atoms with Crippen LogP contribution < -0.4 is 9.64 Å². The smallest absolute Gasteiger partial charge is 0.270 e. The van der Waals surface area contributed by atoms with E-state index < -0.39 is 0 Å². The lowest BCUT2D eigenvalue weighted by Gasteiger charge is -2.15. The quantitative estimate of drug-likeness (QED) is 0.613. The van der Waals surface area contributed by atoms with E-state index in [1.54, 1.807) is 37.7 Å². The average Bonchev–Trinajstić information content (AvgIpc) is 3.16. The molecule has 0 N–H and O–H groups in total. The molecule has 0 aliphatic carbocycles. The molecule has 23 heavy (non-hydrogen) atoms. The van der Waals surface area contributed by atoms with Crippen molar-refractivity contribution in [3.8, 4) is 5.75 Å². The molecule has 116 valence electrons. The number of anilines is 1. The van der Waals surface area contributed by atoms with Gasteiger partial charge in [-0.25, -0.2) is 0 Å². The second-order valence-corrected chi connectivity index (χ2v) is 6.29. The van der Waals surface area contributed by atoms with E-state index in [-0.39, 0.29) is 5.91 Å². The number of allylic oxidation sites excluding steroid dienone is 2. The number of hydrogen-bond acceptors (Lipinski definition) is 5. The highest BCUT2D eigenvalue weighted by molar-refractivity contribution is 8.27. The molecule has 1 amide bonds. The molecule has 4 nitrogen and oxygen atoms in total. The van der Waals surface area contributed by atoms with Crippen molar-refractivity contribution in [1.82, 2.24) is 0 Å². The first-order chi connectivity index (χ1) is 11.2. The van der Waals surface area contributed by atoms with E-state index in [9.17, 15) is 4.79 Å². The summed E-state index contributed by atoms with van der Waals surface area (Å²) in [6.07, 6.45) is 6.90. The van der Waals surface area contributed by atoms with Gasteiger partial charge in [-0.05, 0) is 36.4 Å². The molecule has 2 heterocycles. The second-order valence-electron chi connectivity index (χ2n) is 4.62. The summed E-state index contributed by atoms with van der Waals surface area (Å²) in [4.78, 5) is 14.6. The molecule has 1 aromatic heterocycles. The zero-order chi connectivity index (χ0) is 16.2. The van der Waals surface area contributed by atoms with Crippen LogP contribution in [0.15, 0.2) is 64.1 Å². The topological polar surface area (TPSA) is 42.7 Å². The zero-order valence-electron chi connectivity index (χ0n) is 12.3. The molecule has 0 radical (unpaired) electrons. The third-order valence-corrected chi connectivity index (χ3v) is 4.48. The molecule has 1 saturated heterocycles. The van der Waals surface area contributed by atoms with Crippen molar-refractivity contribution in [1.29, 1.82) is 0 Å². The molecular weight excluding hydrogens is 330 g/mol. The van der Waals surface area contributed by atoms with Gasteiger partial charge in [0, 0.05) is 6.07 Å². The summed E-state index contributed by atoms with van der Waals surface area (Å²) in [6.45, 7) is 0. The first-order valence-corrected chi connectivity index (χ1v) is 8.03. The molecule has 3 rings (SSSR count).